The molecule has 2 heterocycles. The Morgan fingerprint density at radius 1 is 1.33 bits per heavy atom. The van der Waals surface area contributed by atoms with Crippen LogP contribution in [0.3, 0.4) is 0 Å². The first-order valence-corrected chi connectivity index (χ1v) is 11.4. The first-order valence-electron chi connectivity index (χ1n) is 10.5. The van der Waals surface area contributed by atoms with Crippen molar-refractivity contribution in [1.82, 2.24) is 21.1 Å². The maximum Gasteiger partial charge on any atom is 0.408 e. The van der Waals surface area contributed by atoms with E-state index in [1.54, 1.807) is 24.3 Å². The van der Waals surface area contributed by atoms with Crippen molar-refractivity contribution >= 4 is 34.4 Å². The predicted octanol–water partition coefficient (Wildman–Crippen LogP) is 1.21. The molecule has 11 nitrogen and oxygen atoms in total. The third-order valence-electron chi connectivity index (χ3n) is 5.01. The van der Waals surface area contributed by atoms with Gasteiger partial charge in [-0.2, -0.15) is 5.48 Å². The van der Waals surface area contributed by atoms with Crippen molar-refractivity contribution in [3.8, 4) is 0 Å². The molecule has 2 amide bonds. The number of nitrogens with two attached hydrogens (primary N) is 1. The minimum absolute atomic E-state index is 0.00177. The Hall–Kier alpha value is -3.22. The monoisotopic (exact) mass is 477 g/mol. The highest BCUT2D eigenvalue weighted by molar-refractivity contribution is 7.13. The van der Waals surface area contributed by atoms with Gasteiger partial charge in [-0.1, -0.05) is 30.3 Å². The quantitative estimate of drug-likeness (QED) is 0.320. The summed E-state index contributed by atoms with van der Waals surface area (Å²) >= 11 is 1.40. The van der Waals surface area contributed by atoms with E-state index < -0.39 is 30.1 Å². The molecule has 1 aliphatic rings. The van der Waals surface area contributed by atoms with Gasteiger partial charge < -0.3 is 26.2 Å². The Balaban J connectivity index is 1.35. The number of carbonyl (C=O) groups excluding carboxylic acids is 2. The zero-order chi connectivity index (χ0) is 23.6. The molecule has 0 aliphatic carbocycles. The van der Waals surface area contributed by atoms with E-state index >= 15 is 0 Å². The minimum Gasteiger partial charge on any atom is -0.480 e. The van der Waals surface area contributed by atoms with Gasteiger partial charge in [0, 0.05) is 24.4 Å². The summed E-state index contributed by atoms with van der Waals surface area (Å²) in [4.78, 5) is 45.3. The highest BCUT2D eigenvalue weighted by Gasteiger charge is 2.32. The number of alkyl carbamates (subject to hydrolysis) is 1. The molecule has 1 aliphatic heterocycles. The number of nitrogens with one attached hydrogen (secondary N) is 3. The summed E-state index contributed by atoms with van der Waals surface area (Å²) in [6.07, 6.45) is 1.25. The molecular formula is C21H27N5O6S. The number of nitrogens with zero attached hydrogens (tertiary/aromatic N) is 1. The number of carbonyl (C=O) groups is 3. The summed E-state index contributed by atoms with van der Waals surface area (Å²) in [5.74, 6) is -1.75. The molecule has 3 rings (SSSR count). The number of carboxylic acid groups (broad SMARTS) is 1. The number of ether oxygens (including phenoxy) is 1. The van der Waals surface area contributed by atoms with Crippen LogP contribution in [0, 0.1) is 0 Å². The number of benzene rings is 1. The lowest BCUT2D eigenvalue weighted by Gasteiger charge is -2.16. The molecule has 1 aromatic carbocycles. The molecule has 3 unspecified atom stereocenters. The number of hydrogen-bond donors (Lipinski definition) is 5. The summed E-state index contributed by atoms with van der Waals surface area (Å²) < 4.78 is 5.03. The topological polar surface area (TPSA) is 165 Å². The van der Waals surface area contributed by atoms with Crippen LogP contribution in [0.15, 0.2) is 35.7 Å². The van der Waals surface area contributed by atoms with Gasteiger partial charge in [0.05, 0.1) is 5.69 Å². The summed E-state index contributed by atoms with van der Waals surface area (Å²) in [7, 11) is 0. The number of aryl methyl sites for hydroxylation is 1. The number of thiazole rings is 1. The third-order valence-corrected chi connectivity index (χ3v) is 5.73. The standard InChI is InChI=1S/C21H27N5O6S/c22-20-24-15(12-33-20)8-4-7-14-9-17(32-26-14)18(27)23-10-16(19(28)29)25-21(30)31-11-13-5-2-1-3-6-13/h1-3,5-6,12,14,16-17,26H,4,7-11H2,(H2,22,24)(H,23,27)(H,25,30)(H,28,29). The van der Waals surface area contributed by atoms with Gasteiger partial charge in [0.1, 0.15) is 12.6 Å². The molecule has 2 aromatic rings. The van der Waals surface area contributed by atoms with Crippen molar-refractivity contribution in [3.05, 3.63) is 47.0 Å². The van der Waals surface area contributed by atoms with Gasteiger partial charge in [0.15, 0.2) is 11.2 Å². The predicted molar refractivity (Wildman–Crippen MR) is 120 cm³/mol. The largest absolute Gasteiger partial charge is 0.480 e. The molecule has 1 fully saturated rings. The number of rotatable bonds is 11. The molecule has 1 aromatic heterocycles. The van der Waals surface area contributed by atoms with Crippen molar-refractivity contribution < 1.29 is 29.1 Å². The lowest BCUT2D eigenvalue weighted by Crippen LogP contribution is -2.50. The molecular weight excluding hydrogens is 450 g/mol. The number of amides is 2. The summed E-state index contributed by atoms with van der Waals surface area (Å²) in [5, 5.41) is 16.6. The lowest BCUT2D eigenvalue weighted by molar-refractivity contribution is -0.139. The maximum absolute atomic E-state index is 12.4. The number of carboxylic acids is 1. The second-order valence-electron chi connectivity index (χ2n) is 7.57. The Kier molecular flexibility index (Phi) is 8.98. The zero-order valence-corrected chi connectivity index (χ0v) is 18.7. The normalized spacial score (nSPS) is 18.4. The number of aliphatic carboxylic acids is 1. The van der Waals surface area contributed by atoms with Crippen LogP contribution in [-0.2, 0) is 32.2 Å². The van der Waals surface area contributed by atoms with E-state index in [1.807, 2.05) is 11.4 Å². The van der Waals surface area contributed by atoms with Crippen molar-refractivity contribution in [3.63, 3.8) is 0 Å². The molecule has 1 saturated heterocycles. The molecule has 0 radical (unpaired) electrons. The van der Waals surface area contributed by atoms with Crippen molar-refractivity contribution in [1.29, 1.82) is 0 Å². The Morgan fingerprint density at radius 3 is 2.82 bits per heavy atom. The van der Waals surface area contributed by atoms with Crippen LogP contribution in [0.25, 0.3) is 0 Å². The maximum atomic E-state index is 12.4. The highest BCUT2D eigenvalue weighted by atomic mass is 32.1. The molecule has 3 atom stereocenters. The summed E-state index contributed by atoms with van der Waals surface area (Å²) in [6.45, 7) is -0.297. The van der Waals surface area contributed by atoms with Crippen LogP contribution >= 0.6 is 11.3 Å². The number of aromatic nitrogens is 1. The van der Waals surface area contributed by atoms with E-state index in [0.29, 0.717) is 11.6 Å². The lowest BCUT2D eigenvalue weighted by atomic mass is 10.0. The zero-order valence-electron chi connectivity index (χ0n) is 17.9. The first kappa shape index (κ1) is 24.4. The van der Waals surface area contributed by atoms with E-state index in [-0.39, 0.29) is 19.2 Å². The number of nitrogen functional groups attached to an aromatic ring is 1. The van der Waals surface area contributed by atoms with Crippen molar-refractivity contribution in [2.24, 2.45) is 0 Å². The SMILES string of the molecule is Nc1nc(CCCC2CC(C(=O)NCC(NC(=O)OCc3ccccc3)C(=O)O)ON2)cs1. The fourth-order valence-corrected chi connectivity index (χ4v) is 3.86. The average Bonchev–Trinajstić information content (AvgIpc) is 3.44. The second-order valence-corrected chi connectivity index (χ2v) is 8.46. The molecule has 0 bridgehead atoms. The van der Waals surface area contributed by atoms with Gasteiger partial charge >= 0.3 is 12.1 Å². The molecule has 33 heavy (non-hydrogen) atoms. The molecule has 0 spiro atoms. The average molecular weight is 478 g/mol. The van der Waals surface area contributed by atoms with Crippen molar-refractivity contribution in [2.45, 2.75) is 50.5 Å². The van der Waals surface area contributed by atoms with Crippen LogP contribution in [0.1, 0.15) is 30.5 Å². The minimum atomic E-state index is -1.34. The van der Waals surface area contributed by atoms with E-state index in [9.17, 15) is 19.5 Å². The van der Waals surface area contributed by atoms with Gasteiger partial charge in [-0.25, -0.2) is 14.6 Å². The van der Waals surface area contributed by atoms with Gasteiger partial charge in [0.2, 0.25) is 0 Å². The van der Waals surface area contributed by atoms with Crippen LogP contribution < -0.4 is 21.8 Å². The third kappa shape index (κ3) is 8.00. The Bertz CT molecular complexity index is 940. The van der Waals surface area contributed by atoms with Crippen LogP contribution in [-0.4, -0.2) is 52.8 Å². The summed E-state index contributed by atoms with van der Waals surface area (Å²) in [6, 6.07) is 7.64. The molecule has 6 N–H and O–H groups in total. The van der Waals surface area contributed by atoms with E-state index in [0.717, 1.165) is 30.5 Å². The fraction of sp³-hybridized carbons (Fsp3) is 0.429. The van der Waals surface area contributed by atoms with Crippen LogP contribution in [0.4, 0.5) is 9.93 Å². The van der Waals surface area contributed by atoms with Gasteiger partial charge in [-0.3, -0.25) is 9.63 Å². The van der Waals surface area contributed by atoms with E-state index in [1.165, 1.54) is 11.3 Å². The number of hydrogen-bond acceptors (Lipinski definition) is 9. The van der Waals surface area contributed by atoms with E-state index in [2.05, 4.69) is 21.1 Å². The van der Waals surface area contributed by atoms with Crippen molar-refractivity contribution in [2.75, 3.05) is 12.3 Å². The Labute approximate surface area is 194 Å². The van der Waals surface area contributed by atoms with Gasteiger partial charge in [0.25, 0.3) is 5.91 Å². The highest BCUT2D eigenvalue weighted by Crippen LogP contribution is 2.18. The number of hydroxylamine groups is 1. The smallest absolute Gasteiger partial charge is 0.408 e. The Morgan fingerprint density at radius 2 is 2.12 bits per heavy atom. The van der Waals surface area contributed by atoms with Gasteiger partial charge in [-0.15, -0.1) is 11.3 Å². The molecule has 0 saturated carbocycles. The second kappa shape index (κ2) is 12.1. The molecule has 12 heteroatoms. The van der Waals surface area contributed by atoms with Crippen LogP contribution in [0.2, 0.25) is 0 Å². The first-order chi connectivity index (χ1) is 15.9. The summed E-state index contributed by atoms with van der Waals surface area (Å²) in [5.41, 5.74) is 10.2. The fourth-order valence-electron chi connectivity index (χ4n) is 3.26. The molecule has 178 valence electrons. The van der Waals surface area contributed by atoms with E-state index in [4.69, 9.17) is 15.3 Å². The number of anilines is 1. The van der Waals surface area contributed by atoms with Gasteiger partial charge in [-0.05, 0) is 24.8 Å². The van der Waals surface area contributed by atoms with Crippen LogP contribution in [0.5, 0.6) is 0 Å².